The van der Waals surface area contributed by atoms with E-state index in [2.05, 4.69) is 4.74 Å². The van der Waals surface area contributed by atoms with Crippen LogP contribution in [-0.2, 0) is 4.74 Å². The van der Waals surface area contributed by atoms with Crippen molar-refractivity contribution in [1.29, 1.82) is 0 Å². The maximum Gasteiger partial charge on any atom is 0.337 e. The highest BCUT2D eigenvalue weighted by Crippen LogP contribution is 2.29. The van der Waals surface area contributed by atoms with Crippen LogP contribution in [0.15, 0.2) is 18.2 Å². The van der Waals surface area contributed by atoms with E-state index in [-0.39, 0.29) is 6.10 Å². The molecule has 0 spiro atoms. The second-order valence-corrected chi connectivity index (χ2v) is 3.69. The third kappa shape index (κ3) is 5.20. The molecule has 0 bridgehead atoms. The van der Waals surface area contributed by atoms with Crippen LogP contribution in [-0.4, -0.2) is 26.3 Å². The fourth-order valence-electron chi connectivity index (χ4n) is 1.31. The van der Waals surface area contributed by atoms with Crippen LogP contribution in [0, 0.1) is 0 Å². The summed E-state index contributed by atoms with van der Waals surface area (Å²) in [6.45, 7) is 8.02. The molecule has 0 aromatic heterocycles. The molecule has 0 heterocycles. The summed E-state index contributed by atoms with van der Waals surface area (Å²) in [5.74, 6) is 0.779. The SMILES string of the molecule is CC.CCC(C)Oc1ccc(C(=O)OC)cc1OC. The molecular weight excluding hydrogens is 244 g/mol. The largest absolute Gasteiger partial charge is 0.493 e. The third-order valence-corrected chi connectivity index (χ3v) is 2.49. The van der Waals surface area contributed by atoms with Crippen LogP contribution in [0.5, 0.6) is 11.5 Å². The first-order valence-corrected chi connectivity index (χ1v) is 6.55. The second-order valence-electron chi connectivity index (χ2n) is 3.69. The van der Waals surface area contributed by atoms with Crippen LogP contribution < -0.4 is 9.47 Å². The lowest BCUT2D eigenvalue weighted by Crippen LogP contribution is -2.11. The van der Waals surface area contributed by atoms with Crippen molar-refractivity contribution >= 4 is 5.97 Å². The van der Waals surface area contributed by atoms with Crippen LogP contribution in [0.3, 0.4) is 0 Å². The summed E-state index contributed by atoms with van der Waals surface area (Å²) in [5, 5.41) is 0. The monoisotopic (exact) mass is 268 g/mol. The first-order valence-electron chi connectivity index (χ1n) is 6.55. The number of carbonyl (C=O) groups excluding carboxylic acids is 1. The Balaban J connectivity index is 0.00000154. The van der Waals surface area contributed by atoms with E-state index in [1.165, 1.54) is 7.11 Å². The van der Waals surface area contributed by atoms with Gasteiger partial charge >= 0.3 is 5.97 Å². The van der Waals surface area contributed by atoms with Crippen molar-refractivity contribution in [2.24, 2.45) is 0 Å². The van der Waals surface area contributed by atoms with Crippen molar-refractivity contribution in [3.63, 3.8) is 0 Å². The summed E-state index contributed by atoms with van der Waals surface area (Å²) in [7, 11) is 2.89. The van der Waals surface area contributed by atoms with E-state index in [4.69, 9.17) is 9.47 Å². The van der Waals surface area contributed by atoms with Gasteiger partial charge in [-0.25, -0.2) is 4.79 Å². The van der Waals surface area contributed by atoms with E-state index in [9.17, 15) is 4.79 Å². The van der Waals surface area contributed by atoms with E-state index in [0.29, 0.717) is 17.1 Å². The number of hydrogen-bond acceptors (Lipinski definition) is 4. The summed E-state index contributed by atoms with van der Waals surface area (Å²) in [6.07, 6.45) is 1.01. The molecule has 0 saturated carbocycles. The smallest absolute Gasteiger partial charge is 0.337 e. The summed E-state index contributed by atoms with van der Waals surface area (Å²) in [6, 6.07) is 4.99. The van der Waals surface area contributed by atoms with Crippen molar-refractivity contribution in [2.75, 3.05) is 14.2 Å². The Hall–Kier alpha value is -1.71. The lowest BCUT2D eigenvalue weighted by atomic mass is 10.2. The number of esters is 1. The van der Waals surface area contributed by atoms with Gasteiger partial charge in [-0.2, -0.15) is 0 Å². The average molecular weight is 268 g/mol. The van der Waals surface area contributed by atoms with Gasteiger partial charge in [0.25, 0.3) is 0 Å². The quantitative estimate of drug-likeness (QED) is 0.764. The van der Waals surface area contributed by atoms with E-state index in [1.54, 1.807) is 25.3 Å². The summed E-state index contributed by atoms with van der Waals surface area (Å²) < 4.78 is 15.5. The number of ether oxygens (including phenoxy) is 3. The predicted octanol–water partition coefficient (Wildman–Crippen LogP) is 3.69. The second kappa shape index (κ2) is 9.25. The molecule has 1 atom stereocenters. The van der Waals surface area contributed by atoms with Crippen LogP contribution in [0.4, 0.5) is 0 Å². The molecule has 0 N–H and O–H groups in total. The summed E-state index contributed by atoms with van der Waals surface area (Å²) in [5.41, 5.74) is 0.445. The molecule has 0 amide bonds. The van der Waals surface area contributed by atoms with Gasteiger partial charge in [-0.3, -0.25) is 0 Å². The van der Waals surface area contributed by atoms with E-state index in [1.807, 2.05) is 27.7 Å². The Morgan fingerprint density at radius 1 is 1.21 bits per heavy atom. The molecule has 0 aliphatic carbocycles. The van der Waals surface area contributed by atoms with Crippen molar-refractivity contribution in [3.8, 4) is 11.5 Å². The van der Waals surface area contributed by atoms with Crippen molar-refractivity contribution in [3.05, 3.63) is 23.8 Å². The normalized spacial score (nSPS) is 10.8. The molecule has 108 valence electrons. The first-order chi connectivity index (χ1) is 9.12. The van der Waals surface area contributed by atoms with Crippen molar-refractivity contribution in [1.82, 2.24) is 0 Å². The maximum atomic E-state index is 11.4. The molecule has 0 fully saturated rings. The Kier molecular flexibility index (Phi) is 8.42. The minimum atomic E-state index is -0.390. The molecule has 0 aliphatic heterocycles. The summed E-state index contributed by atoms with van der Waals surface area (Å²) >= 11 is 0. The first kappa shape index (κ1) is 17.3. The zero-order chi connectivity index (χ0) is 14.8. The minimum absolute atomic E-state index is 0.105. The van der Waals surface area contributed by atoms with Gasteiger partial charge in [0.2, 0.25) is 0 Å². The molecule has 1 rings (SSSR count). The third-order valence-electron chi connectivity index (χ3n) is 2.49. The Morgan fingerprint density at radius 2 is 1.84 bits per heavy atom. The van der Waals surface area contributed by atoms with Gasteiger partial charge in [-0.15, -0.1) is 0 Å². The number of benzene rings is 1. The molecule has 0 radical (unpaired) electrons. The molecule has 1 aromatic carbocycles. The van der Waals surface area contributed by atoms with Crippen molar-refractivity contribution < 1.29 is 19.0 Å². The van der Waals surface area contributed by atoms with Gasteiger partial charge in [0.1, 0.15) is 0 Å². The topological polar surface area (TPSA) is 44.8 Å². The molecule has 0 saturated heterocycles. The molecule has 19 heavy (non-hydrogen) atoms. The van der Waals surface area contributed by atoms with Gasteiger partial charge < -0.3 is 14.2 Å². The zero-order valence-corrected chi connectivity index (χ0v) is 12.6. The molecule has 4 heteroatoms. The Morgan fingerprint density at radius 3 is 2.32 bits per heavy atom. The molecule has 1 unspecified atom stereocenters. The number of carbonyl (C=O) groups is 1. The highest BCUT2D eigenvalue weighted by Gasteiger charge is 2.12. The standard InChI is InChI=1S/C13H18O4.C2H6/c1-5-9(2)17-11-7-6-10(13(14)16-4)8-12(11)15-3;1-2/h6-9H,5H2,1-4H3;1-2H3. The number of methoxy groups -OCH3 is 2. The van der Waals surface area contributed by atoms with Crippen molar-refractivity contribution in [2.45, 2.75) is 40.2 Å². The lowest BCUT2D eigenvalue weighted by molar-refractivity contribution is 0.0600. The minimum Gasteiger partial charge on any atom is -0.493 e. The van der Waals surface area contributed by atoms with E-state index < -0.39 is 5.97 Å². The average Bonchev–Trinajstić information content (AvgIpc) is 2.48. The lowest BCUT2D eigenvalue weighted by Gasteiger charge is -2.15. The van der Waals surface area contributed by atoms with Crippen LogP contribution in [0.2, 0.25) is 0 Å². The van der Waals surface area contributed by atoms with Crippen LogP contribution in [0.25, 0.3) is 0 Å². The molecule has 0 aliphatic rings. The van der Waals surface area contributed by atoms with Crippen LogP contribution >= 0.6 is 0 Å². The van der Waals surface area contributed by atoms with Gasteiger partial charge in [-0.1, -0.05) is 20.8 Å². The Labute approximate surface area is 115 Å². The highest BCUT2D eigenvalue weighted by atomic mass is 16.5. The molecule has 4 nitrogen and oxygen atoms in total. The van der Waals surface area contributed by atoms with E-state index in [0.717, 1.165) is 6.42 Å². The molecular formula is C15H24O4. The number of rotatable bonds is 5. The fourth-order valence-corrected chi connectivity index (χ4v) is 1.31. The highest BCUT2D eigenvalue weighted by molar-refractivity contribution is 5.90. The zero-order valence-electron chi connectivity index (χ0n) is 12.6. The van der Waals surface area contributed by atoms with Gasteiger partial charge in [-0.05, 0) is 31.5 Å². The van der Waals surface area contributed by atoms with Crippen LogP contribution in [0.1, 0.15) is 44.5 Å². The van der Waals surface area contributed by atoms with Gasteiger partial charge in [0.05, 0.1) is 25.9 Å². The fraction of sp³-hybridized carbons (Fsp3) is 0.533. The molecule has 1 aromatic rings. The maximum absolute atomic E-state index is 11.4. The predicted molar refractivity (Wildman–Crippen MR) is 76.1 cm³/mol. The van der Waals surface area contributed by atoms with Gasteiger partial charge in [0, 0.05) is 0 Å². The summed E-state index contributed by atoms with van der Waals surface area (Å²) in [4.78, 5) is 11.4. The van der Waals surface area contributed by atoms with E-state index >= 15 is 0 Å². The Bertz CT molecular complexity index is 388. The number of hydrogen-bond donors (Lipinski definition) is 0. The van der Waals surface area contributed by atoms with Gasteiger partial charge in [0.15, 0.2) is 11.5 Å².